The molecule has 0 saturated carbocycles. The summed E-state index contributed by atoms with van der Waals surface area (Å²) in [6, 6.07) is 0. The quantitative estimate of drug-likeness (QED) is 0.133. The Bertz CT molecular complexity index is 294. The summed E-state index contributed by atoms with van der Waals surface area (Å²) in [6.45, 7) is 12.0. The number of unbranched alkanes of at least 4 members (excludes halogenated alkanes) is 12. The summed E-state index contributed by atoms with van der Waals surface area (Å²) >= 11 is 0. The molecule has 0 radical (unpaired) electrons. The summed E-state index contributed by atoms with van der Waals surface area (Å²) < 4.78 is 28.0. The topological polar surface area (TPSA) is 44.8 Å². The van der Waals surface area contributed by atoms with Gasteiger partial charge < -0.3 is 0 Å². The predicted molar refractivity (Wildman–Crippen MR) is 128 cm³/mol. The highest BCUT2D eigenvalue weighted by atomic mass is 31.2. The fraction of sp³-hybridized carbons (Fsp3) is 1.00. The average molecular weight is 437 g/mol. The Balaban J connectivity index is 0. The van der Waals surface area contributed by atoms with E-state index >= 15 is 0 Å². The molecule has 0 heterocycles. The molecule has 0 bridgehead atoms. The first-order valence-electron chi connectivity index (χ1n) is 12.6. The Morgan fingerprint density at radius 1 is 0.414 bits per heavy atom. The van der Waals surface area contributed by atoms with Crippen molar-refractivity contribution in [3.05, 3.63) is 0 Å². The van der Waals surface area contributed by atoms with Crippen LogP contribution in [0.5, 0.6) is 0 Å². The van der Waals surface area contributed by atoms with E-state index in [1.54, 1.807) is 0 Å². The Hall–Kier alpha value is 0.110. The van der Waals surface area contributed by atoms with Crippen molar-refractivity contribution in [2.24, 2.45) is 0 Å². The maximum absolute atomic E-state index is 12.2. The summed E-state index contributed by atoms with van der Waals surface area (Å²) in [5, 5.41) is 0. The number of hydrogen-bond acceptors (Lipinski definition) is 4. The molecule has 0 rings (SSSR count). The summed E-state index contributed by atoms with van der Waals surface area (Å²) in [7, 11) is -3.31. The van der Waals surface area contributed by atoms with Gasteiger partial charge in [-0.2, -0.15) is 0 Å². The molecule has 0 aliphatic heterocycles. The van der Waals surface area contributed by atoms with Crippen LogP contribution in [0.4, 0.5) is 0 Å². The van der Waals surface area contributed by atoms with Gasteiger partial charge in [0.05, 0.1) is 19.8 Å². The molecule has 29 heavy (non-hydrogen) atoms. The molecule has 0 unspecified atom stereocenters. The molecule has 0 aromatic rings. The lowest BCUT2D eigenvalue weighted by atomic mass is 10.1. The fourth-order valence-corrected chi connectivity index (χ4v) is 3.92. The van der Waals surface area contributed by atoms with Gasteiger partial charge in [-0.25, -0.2) is 4.57 Å². The first-order valence-corrected chi connectivity index (χ1v) is 14.1. The highest BCUT2D eigenvalue weighted by Crippen LogP contribution is 2.49. The summed E-state index contributed by atoms with van der Waals surface area (Å²) in [5.41, 5.74) is 0. The van der Waals surface area contributed by atoms with Crippen LogP contribution in [0.15, 0.2) is 0 Å². The van der Waals surface area contributed by atoms with E-state index in [0.29, 0.717) is 19.8 Å². The van der Waals surface area contributed by atoms with E-state index in [-0.39, 0.29) is 0 Å². The molecule has 0 atom stereocenters. The van der Waals surface area contributed by atoms with Crippen LogP contribution in [-0.2, 0) is 18.1 Å². The highest BCUT2D eigenvalue weighted by molar-refractivity contribution is 7.48. The molecule has 0 aliphatic rings. The Kier molecular flexibility index (Phi) is 28.2. The van der Waals surface area contributed by atoms with E-state index in [1.165, 1.54) is 64.2 Å². The second kappa shape index (κ2) is 26.1. The third kappa shape index (κ3) is 26.1. The largest absolute Gasteiger partial charge is 0.474 e. The van der Waals surface area contributed by atoms with Crippen molar-refractivity contribution in [3.63, 3.8) is 0 Å². The molecular weight excluding hydrogens is 383 g/mol. The maximum atomic E-state index is 12.2. The van der Waals surface area contributed by atoms with Crippen LogP contribution >= 0.6 is 7.82 Å². The molecule has 0 spiro atoms. The minimum Gasteiger partial charge on any atom is -0.287 e. The van der Waals surface area contributed by atoms with E-state index in [9.17, 15) is 4.57 Å². The van der Waals surface area contributed by atoms with Gasteiger partial charge in [-0.1, -0.05) is 118 Å². The van der Waals surface area contributed by atoms with Gasteiger partial charge in [0.15, 0.2) is 0 Å². The molecule has 178 valence electrons. The third-order valence-corrected chi connectivity index (χ3v) is 6.20. The first-order chi connectivity index (χ1) is 14.1. The van der Waals surface area contributed by atoms with E-state index in [4.69, 9.17) is 13.6 Å². The van der Waals surface area contributed by atoms with Crippen molar-refractivity contribution >= 4 is 7.82 Å². The van der Waals surface area contributed by atoms with Crippen molar-refractivity contribution < 1.29 is 18.1 Å². The second-order valence-electron chi connectivity index (χ2n) is 7.84. The fourth-order valence-electron chi connectivity index (χ4n) is 2.63. The first kappa shape index (κ1) is 31.3. The van der Waals surface area contributed by atoms with Crippen LogP contribution in [0.3, 0.4) is 0 Å². The molecule has 0 N–H and O–H groups in total. The van der Waals surface area contributed by atoms with Gasteiger partial charge in [-0.05, 0) is 19.3 Å². The minimum absolute atomic E-state index is 0.437. The normalized spacial score (nSPS) is 11.3. The monoisotopic (exact) mass is 436 g/mol. The van der Waals surface area contributed by atoms with Crippen molar-refractivity contribution in [2.75, 3.05) is 19.8 Å². The average Bonchev–Trinajstić information content (AvgIpc) is 2.71. The van der Waals surface area contributed by atoms with Gasteiger partial charge in [-0.15, -0.1) is 0 Å². The Morgan fingerprint density at radius 3 is 0.897 bits per heavy atom. The minimum atomic E-state index is -3.31. The zero-order chi connectivity index (χ0) is 22.1. The molecule has 0 fully saturated rings. The van der Waals surface area contributed by atoms with Crippen LogP contribution in [0, 0.1) is 0 Å². The van der Waals surface area contributed by atoms with Crippen LogP contribution in [0.25, 0.3) is 0 Å². The summed E-state index contributed by atoms with van der Waals surface area (Å²) in [4.78, 5) is 0. The number of phosphoric acid groups is 1. The molecule has 0 aromatic heterocycles. The zero-order valence-corrected chi connectivity index (χ0v) is 21.4. The molecular formula is C24H53O4P. The molecule has 0 amide bonds. The molecule has 5 heteroatoms. The lowest BCUT2D eigenvalue weighted by Crippen LogP contribution is -2.03. The molecule has 0 aliphatic carbocycles. The van der Waals surface area contributed by atoms with Crippen molar-refractivity contribution in [1.82, 2.24) is 0 Å². The predicted octanol–water partition coefficient (Wildman–Crippen LogP) is 9.47. The third-order valence-electron chi connectivity index (χ3n) is 4.70. The number of rotatable bonds is 21. The van der Waals surface area contributed by atoms with Gasteiger partial charge >= 0.3 is 7.82 Å². The van der Waals surface area contributed by atoms with E-state index in [2.05, 4.69) is 34.6 Å². The van der Waals surface area contributed by atoms with Gasteiger partial charge in [0.1, 0.15) is 0 Å². The number of hydrogen-bond donors (Lipinski definition) is 0. The molecule has 0 aromatic carbocycles. The maximum Gasteiger partial charge on any atom is 0.474 e. The van der Waals surface area contributed by atoms with E-state index < -0.39 is 7.82 Å². The Labute approximate surface area is 183 Å². The lowest BCUT2D eigenvalue weighted by Gasteiger charge is -2.17. The van der Waals surface area contributed by atoms with Gasteiger partial charge in [-0.3, -0.25) is 13.6 Å². The van der Waals surface area contributed by atoms with E-state index in [1.807, 2.05) is 0 Å². The summed E-state index contributed by atoms with van der Waals surface area (Å²) in [5.74, 6) is 0. The van der Waals surface area contributed by atoms with Crippen LogP contribution in [-0.4, -0.2) is 19.8 Å². The molecule has 4 nitrogen and oxygen atoms in total. The smallest absolute Gasteiger partial charge is 0.287 e. The van der Waals surface area contributed by atoms with Crippen LogP contribution < -0.4 is 0 Å². The standard InChI is InChI=1S/C12H27O4P.C12H26/c1-4-7-10-14-17(13,15-11-8-5-2)16-12-9-6-3;1-3-5-7-9-11-12-10-8-6-4-2/h4-12H2,1-3H3;3-12H2,1-2H3. The Morgan fingerprint density at radius 2 is 0.655 bits per heavy atom. The molecule has 0 saturated heterocycles. The van der Waals surface area contributed by atoms with E-state index in [0.717, 1.165) is 38.5 Å². The van der Waals surface area contributed by atoms with Crippen molar-refractivity contribution in [3.8, 4) is 0 Å². The summed E-state index contributed by atoms with van der Waals surface area (Å²) in [6.07, 6.45) is 20.1. The zero-order valence-electron chi connectivity index (χ0n) is 20.5. The van der Waals surface area contributed by atoms with Crippen LogP contribution in [0.1, 0.15) is 137 Å². The SMILES string of the molecule is CCCCCCCCCCCC.CCCCOP(=O)(OCCCC)OCCCC. The van der Waals surface area contributed by atoms with Crippen molar-refractivity contribution in [1.29, 1.82) is 0 Å². The second-order valence-corrected chi connectivity index (χ2v) is 9.50. The van der Waals surface area contributed by atoms with Crippen LogP contribution in [0.2, 0.25) is 0 Å². The van der Waals surface area contributed by atoms with Crippen molar-refractivity contribution in [2.45, 2.75) is 137 Å². The number of phosphoric ester groups is 1. The highest BCUT2D eigenvalue weighted by Gasteiger charge is 2.25. The van der Waals surface area contributed by atoms with Gasteiger partial charge in [0.2, 0.25) is 0 Å². The lowest BCUT2D eigenvalue weighted by molar-refractivity contribution is 0.110. The van der Waals surface area contributed by atoms with Gasteiger partial charge in [0.25, 0.3) is 0 Å². The van der Waals surface area contributed by atoms with Gasteiger partial charge in [0, 0.05) is 0 Å².